The third kappa shape index (κ3) is 6.36. The Balaban J connectivity index is 1.84. The van der Waals surface area contributed by atoms with E-state index in [1.807, 2.05) is 39.0 Å². The molecule has 4 heteroatoms. The Hall–Kier alpha value is -2.62. The van der Waals surface area contributed by atoms with Crippen LogP contribution in [0.3, 0.4) is 0 Å². The second-order valence-corrected chi connectivity index (χ2v) is 7.67. The largest absolute Gasteiger partial charge is 0.326 e. The van der Waals surface area contributed by atoms with Gasteiger partial charge in [-0.15, -0.1) is 0 Å². The summed E-state index contributed by atoms with van der Waals surface area (Å²) < 4.78 is 0. The summed E-state index contributed by atoms with van der Waals surface area (Å²) in [5, 5.41) is 5.77. The van der Waals surface area contributed by atoms with Crippen LogP contribution in [0.2, 0.25) is 0 Å². The fraction of sp³-hybridized carbons (Fsp3) is 0.364. The zero-order chi connectivity index (χ0) is 19.2. The molecule has 2 aromatic rings. The predicted octanol–water partition coefficient (Wildman–Crippen LogP) is 4.94. The smallest absolute Gasteiger partial charge is 0.229 e. The average Bonchev–Trinajstić information content (AvgIpc) is 2.56. The Morgan fingerprint density at radius 2 is 1.54 bits per heavy atom. The molecule has 0 fully saturated rings. The maximum absolute atomic E-state index is 12.2. The molecule has 0 unspecified atom stereocenters. The molecule has 2 aromatic carbocycles. The van der Waals surface area contributed by atoms with E-state index in [-0.39, 0.29) is 11.8 Å². The first-order chi connectivity index (χ1) is 12.2. The predicted molar refractivity (Wildman–Crippen MR) is 107 cm³/mol. The monoisotopic (exact) mass is 352 g/mol. The lowest BCUT2D eigenvalue weighted by Gasteiger charge is -2.18. The van der Waals surface area contributed by atoms with Crippen molar-refractivity contribution in [3.63, 3.8) is 0 Å². The molecule has 0 heterocycles. The molecule has 0 bridgehead atoms. The van der Waals surface area contributed by atoms with Crippen LogP contribution >= 0.6 is 0 Å². The molecule has 138 valence electrons. The molecule has 2 rings (SSSR count). The van der Waals surface area contributed by atoms with Gasteiger partial charge in [0, 0.05) is 23.2 Å². The van der Waals surface area contributed by atoms with Crippen LogP contribution in [0.1, 0.15) is 44.7 Å². The van der Waals surface area contributed by atoms with Crippen molar-refractivity contribution in [3.8, 4) is 0 Å². The van der Waals surface area contributed by atoms with Crippen molar-refractivity contribution in [2.24, 2.45) is 5.41 Å². The Bertz CT molecular complexity index is 758. The zero-order valence-corrected chi connectivity index (χ0v) is 16.1. The molecule has 0 saturated carbocycles. The van der Waals surface area contributed by atoms with E-state index in [0.717, 1.165) is 12.8 Å². The molecule has 0 radical (unpaired) electrons. The van der Waals surface area contributed by atoms with E-state index < -0.39 is 5.41 Å². The van der Waals surface area contributed by atoms with E-state index in [0.29, 0.717) is 17.8 Å². The highest BCUT2D eigenvalue weighted by molar-refractivity contribution is 5.96. The molecule has 2 N–H and O–H groups in total. The summed E-state index contributed by atoms with van der Waals surface area (Å²) in [6.45, 7) is 7.65. The topological polar surface area (TPSA) is 58.2 Å². The summed E-state index contributed by atoms with van der Waals surface area (Å²) >= 11 is 0. The Morgan fingerprint density at radius 3 is 2.15 bits per heavy atom. The van der Waals surface area contributed by atoms with Crippen LogP contribution in [0.25, 0.3) is 0 Å². The van der Waals surface area contributed by atoms with Gasteiger partial charge in [-0.1, -0.05) is 56.7 Å². The first kappa shape index (κ1) is 19.7. The Labute approximate surface area is 156 Å². The van der Waals surface area contributed by atoms with Crippen molar-refractivity contribution >= 4 is 23.2 Å². The van der Waals surface area contributed by atoms with Gasteiger partial charge in [-0.05, 0) is 43.5 Å². The van der Waals surface area contributed by atoms with E-state index in [1.165, 1.54) is 11.1 Å². The van der Waals surface area contributed by atoms with Crippen molar-refractivity contribution in [2.75, 3.05) is 10.6 Å². The maximum Gasteiger partial charge on any atom is 0.229 e. The fourth-order valence-electron chi connectivity index (χ4n) is 2.42. The normalized spacial score (nSPS) is 11.1. The van der Waals surface area contributed by atoms with Crippen LogP contribution in [0.4, 0.5) is 11.4 Å². The van der Waals surface area contributed by atoms with Crippen molar-refractivity contribution in [3.05, 3.63) is 59.7 Å². The van der Waals surface area contributed by atoms with E-state index >= 15 is 0 Å². The Morgan fingerprint density at radius 1 is 0.923 bits per heavy atom. The van der Waals surface area contributed by atoms with E-state index in [4.69, 9.17) is 0 Å². The number of rotatable bonds is 6. The van der Waals surface area contributed by atoms with Crippen molar-refractivity contribution in [1.82, 2.24) is 0 Å². The minimum atomic E-state index is -0.463. The fourth-order valence-corrected chi connectivity index (χ4v) is 2.42. The third-order valence-electron chi connectivity index (χ3n) is 4.08. The number of hydrogen-bond acceptors (Lipinski definition) is 2. The zero-order valence-electron chi connectivity index (χ0n) is 16.1. The van der Waals surface area contributed by atoms with Crippen LogP contribution in [-0.2, 0) is 16.0 Å². The van der Waals surface area contributed by atoms with Gasteiger partial charge in [-0.2, -0.15) is 0 Å². The van der Waals surface area contributed by atoms with E-state index in [2.05, 4.69) is 41.8 Å². The quantitative estimate of drug-likeness (QED) is 0.773. The summed E-state index contributed by atoms with van der Waals surface area (Å²) in [5.74, 6) is -0.0736. The van der Waals surface area contributed by atoms with Gasteiger partial charge in [0.2, 0.25) is 11.8 Å². The van der Waals surface area contributed by atoms with Crippen LogP contribution in [0, 0.1) is 12.3 Å². The highest BCUT2D eigenvalue weighted by Gasteiger charge is 2.21. The van der Waals surface area contributed by atoms with Gasteiger partial charge in [0.05, 0.1) is 0 Å². The summed E-state index contributed by atoms with van der Waals surface area (Å²) in [6, 6.07) is 15.6. The number of carbonyl (C=O) groups excluding carboxylic acids is 2. The van der Waals surface area contributed by atoms with Crippen molar-refractivity contribution < 1.29 is 9.59 Å². The lowest BCUT2D eigenvalue weighted by molar-refractivity contribution is -0.123. The first-order valence-electron chi connectivity index (χ1n) is 9.01. The molecule has 0 spiro atoms. The number of carbonyl (C=O) groups is 2. The minimum Gasteiger partial charge on any atom is -0.326 e. The summed E-state index contributed by atoms with van der Waals surface area (Å²) in [7, 11) is 0. The molecule has 0 atom stereocenters. The number of benzene rings is 2. The average molecular weight is 352 g/mol. The third-order valence-corrected chi connectivity index (χ3v) is 4.08. The molecule has 0 saturated heterocycles. The second kappa shape index (κ2) is 8.65. The van der Waals surface area contributed by atoms with Gasteiger partial charge in [0.25, 0.3) is 0 Å². The van der Waals surface area contributed by atoms with Crippen LogP contribution in [0.5, 0.6) is 0 Å². The summed E-state index contributed by atoms with van der Waals surface area (Å²) in [6.07, 6.45) is 2.15. The maximum atomic E-state index is 12.2. The lowest BCUT2D eigenvalue weighted by atomic mass is 9.95. The number of hydrogen-bond donors (Lipinski definition) is 2. The standard InChI is InChI=1S/C22H28N2O2/c1-16-11-13-17(14-12-16)7-5-10-20(25)23-18-8-6-9-19(15-18)24-21(26)22(2,3)4/h6,8-9,11-15H,5,7,10H2,1-4H3,(H,23,25)(H,24,26). The molecule has 0 aliphatic rings. The van der Waals surface area contributed by atoms with E-state index in [9.17, 15) is 9.59 Å². The van der Waals surface area contributed by atoms with Crippen molar-refractivity contribution in [2.45, 2.75) is 47.0 Å². The van der Waals surface area contributed by atoms with Crippen LogP contribution < -0.4 is 10.6 Å². The molecular weight excluding hydrogens is 324 g/mol. The van der Waals surface area contributed by atoms with Gasteiger partial charge in [-0.25, -0.2) is 0 Å². The van der Waals surface area contributed by atoms with Gasteiger partial charge in [-0.3, -0.25) is 9.59 Å². The molecule has 4 nitrogen and oxygen atoms in total. The summed E-state index contributed by atoms with van der Waals surface area (Å²) in [5.41, 5.74) is 3.40. The molecule has 26 heavy (non-hydrogen) atoms. The highest BCUT2D eigenvalue weighted by atomic mass is 16.2. The minimum absolute atomic E-state index is 0.0172. The first-order valence-corrected chi connectivity index (χ1v) is 9.01. The molecular formula is C22H28N2O2. The van der Waals surface area contributed by atoms with Gasteiger partial charge in [0.1, 0.15) is 0 Å². The molecule has 0 aliphatic carbocycles. The number of aryl methyl sites for hydroxylation is 2. The van der Waals surface area contributed by atoms with E-state index in [1.54, 1.807) is 6.07 Å². The summed E-state index contributed by atoms with van der Waals surface area (Å²) in [4.78, 5) is 24.2. The lowest BCUT2D eigenvalue weighted by Crippen LogP contribution is -2.27. The van der Waals surface area contributed by atoms with Crippen molar-refractivity contribution in [1.29, 1.82) is 0 Å². The highest BCUT2D eigenvalue weighted by Crippen LogP contribution is 2.20. The molecule has 2 amide bonds. The molecule has 0 aromatic heterocycles. The van der Waals surface area contributed by atoms with Gasteiger partial charge >= 0.3 is 0 Å². The number of amides is 2. The van der Waals surface area contributed by atoms with Crippen LogP contribution in [-0.4, -0.2) is 11.8 Å². The molecule has 0 aliphatic heterocycles. The Kier molecular flexibility index (Phi) is 6.56. The number of anilines is 2. The SMILES string of the molecule is Cc1ccc(CCCC(=O)Nc2cccc(NC(=O)C(C)(C)C)c2)cc1. The second-order valence-electron chi connectivity index (χ2n) is 7.67. The number of nitrogens with one attached hydrogen (secondary N) is 2. The van der Waals surface area contributed by atoms with Crippen LogP contribution in [0.15, 0.2) is 48.5 Å². The van der Waals surface area contributed by atoms with Gasteiger partial charge in [0.15, 0.2) is 0 Å². The van der Waals surface area contributed by atoms with Gasteiger partial charge < -0.3 is 10.6 Å².